The molecule has 2 amide bonds. The van der Waals surface area contributed by atoms with Gasteiger partial charge in [-0.25, -0.2) is 0 Å². The van der Waals surface area contributed by atoms with Gasteiger partial charge in [-0.2, -0.15) is 13.2 Å². The number of alkyl halides is 3. The van der Waals surface area contributed by atoms with E-state index in [1.165, 1.54) is 0 Å². The summed E-state index contributed by atoms with van der Waals surface area (Å²) in [5.41, 5.74) is 5.60. The van der Waals surface area contributed by atoms with E-state index in [-0.39, 0.29) is 12.3 Å². The van der Waals surface area contributed by atoms with Gasteiger partial charge in [-0.15, -0.1) is 0 Å². The molecular formula is C16H22F3N3O2. The van der Waals surface area contributed by atoms with Crippen LogP contribution in [-0.2, 0) is 16.0 Å². The zero-order chi connectivity index (χ0) is 18.3. The van der Waals surface area contributed by atoms with Crippen LogP contribution < -0.4 is 16.4 Å². The highest BCUT2D eigenvalue weighted by Gasteiger charge is 2.43. The summed E-state index contributed by atoms with van der Waals surface area (Å²) in [5, 5.41) is 4.71. The standard InChI is InChI=1S/C16H22F3N3O2/c1-10(2)9-21-14(23)12(8-11-6-4-3-5-7-11)22-15(24)13(20)16(17,18)19/h3-7,10,12-13H,8-9,20H2,1-2H3,(H,21,23)(H,22,24). The molecule has 5 nitrogen and oxygen atoms in total. The average molecular weight is 345 g/mol. The van der Waals surface area contributed by atoms with E-state index in [1.54, 1.807) is 30.3 Å². The first-order valence-corrected chi connectivity index (χ1v) is 7.55. The van der Waals surface area contributed by atoms with Gasteiger partial charge < -0.3 is 16.4 Å². The van der Waals surface area contributed by atoms with Gasteiger partial charge in [0, 0.05) is 13.0 Å². The largest absolute Gasteiger partial charge is 0.412 e. The van der Waals surface area contributed by atoms with Gasteiger partial charge in [-0.05, 0) is 11.5 Å². The molecule has 0 aliphatic carbocycles. The molecule has 8 heteroatoms. The second-order valence-corrected chi connectivity index (χ2v) is 5.91. The monoisotopic (exact) mass is 345 g/mol. The van der Waals surface area contributed by atoms with Crippen LogP contribution in [0.4, 0.5) is 13.2 Å². The van der Waals surface area contributed by atoms with E-state index in [4.69, 9.17) is 5.73 Å². The van der Waals surface area contributed by atoms with E-state index in [9.17, 15) is 22.8 Å². The highest BCUT2D eigenvalue weighted by Crippen LogP contribution is 2.18. The Morgan fingerprint density at radius 3 is 2.21 bits per heavy atom. The molecule has 0 aromatic heterocycles. The summed E-state index contributed by atoms with van der Waals surface area (Å²) in [6.45, 7) is 4.11. The molecule has 2 unspecified atom stereocenters. The smallest absolute Gasteiger partial charge is 0.354 e. The van der Waals surface area contributed by atoms with Crippen LogP contribution in [0.5, 0.6) is 0 Å². The molecular weight excluding hydrogens is 323 g/mol. The van der Waals surface area contributed by atoms with Crippen molar-refractivity contribution in [2.75, 3.05) is 6.54 Å². The van der Waals surface area contributed by atoms with Crippen molar-refractivity contribution in [3.8, 4) is 0 Å². The third-order valence-electron chi connectivity index (χ3n) is 3.24. The molecule has 0 fully saturated rings. The highest BCUT2D eigenvalue weighted by atomic mass is 19.4. The van der Waals surface area contributed by atoms with Gasteiger partial charge in [0.25, 0.3) is 0 Å². The highest BCUT2D eigenvalue weighted by molar-refractivity contribution is 5.90. The first-order valence-electron chi connectivity index (χ1n) is 7.55. The maximum Gasteiger partial charge on any atom is 0.412 e. The van der Waals surface area contributed by atoms with Crippen molar-refractivity contribution in [2.24, 2.45) is 11.7 Å². The van der Waals surface area contributed by atoms with Crippen molar-refractivity contribution in [3.63, 3.8) is 0 Å². The van der Waals surface area contributed by atoms with Crippen LogP contribution in [0.3, 0.4) is 0 Å². The van der Waals surface area contributed by atoms with Gasteiger partial charge in [0.2, 0.25) is 11.8 Å². The Labute approximate surface area is 138 Å². The Hall–Kier alpha value is -2.09. The lowest BCUT2D eigenvalue weighted by molar-refractivity contribution is -0.163. The Morgan fingerprint density at radius 1 is 1.12 bits per heavy atom. The van der Waals surface area contributed by atoms with Gasteiger partial charge in [0.15, 0.2) is 6.04 Å². The first kappa shape index (κ1) is 20.0. The molecule has 1 aromatic rings. The van der Waals surface area contributed by atoms with E-state index >= 15 is 0 Å². The quantitative estimate of drug-likeness (QED) is 0.698. The molecule has 4 N–H and O–H groups in total. The molecule has 134 valence electrons. The molecule has 1 rings (SSSR count). The van der Waals surface area contributed by atoms with E-state index < -0.39 is 30.1 Å². The van der Waals surface area contributed by atoms with Gasteiger partial charge in [-0.3, -0.25) is 9.59 Å². The number of amides is 2. The summed E-state index contributed by atoms with van der Waals surface area (Å²) in [7, 11) is 0. The van der Waals surface area contributed by atoms with Gasteiger partial charge in [-0.1, -0.05) is 44.2 Å². The van der Waals surface area contributed by atoms with Crippen LogP contribution in [0.25, 0.3) is 0 Å². The van der Waals surface area contributed by atoms with Crippen molar-refractivity contribution in [1.82, 2.24) is 10.6 Å². The van der Waals surface area contributed by atoms with Crippen molar-refractivity contribution >= 4 is 11.8 Å². The third-order valence-corrected chi connectivity index (χ3v) is 3.24. The second kappa shape index (κ2) is 8.68. The SMILES string of the molecule is CC(C)CNC(=O)C(Cc1ccccc1)NC(=O)C(N)C(F)(F)F. The minimum Gasteiger partial charge on any atom is -0.354 e. The minimum atomic E-state index is -4.87. The maximum absolute atomic E-state index is 12.5. The molecule has 0 radical (unpaired) electrons. The number of hydrogen-bond donors (Lipinski definition) is 3. The van der Waals surface area contributed by atoms with Crippen molar-refractivity contribution < 1.29 is 22.8 Å². The fourth-order valence-corrected chi connectivity index (χ4v) is 1.90. The van der Waals surface area contributed by atoms with Crippen LogP contribution in [-0.4, -0.2) is 36.6 Å². The average Bonchev–Trinajstić information content (AvgIpc) is 2.51. The number of rotatable bonds is 7. The molecule has 0 aliphatic heterocycles. The Bertz CT molecular complexity index is 547. The molecule has 0 heterocycles. The first-order chi connectivity index (χ1) is 11.1. The molecule has 1 aromatic carbocycles. The summed E-state index contributed by atoms with van der Waals surface area (Å²) in [4.78, 5) is 23.9. The van der Waals surface area contributed by atoms with E-state index in [2.05, 4.69) is 10.6 Å². The van der Waals surface area contributed by atoms with E-state index in [0.717, 1.165) is 0 Å². The summed E-state index contributed by atoms with van der Waals surface area (Å²) in [5.74, 6) is -1.81. The molecule has 0 saturated heterocycles. The molecule has 0 saturated carbocycles. The van der Waals surface area contributed by atoms with Crippen LogP contribution >= 0.6 is 0 Å². The van der Waals surface area contributed by atoms with Gasteiger partial charge in [0.05, 0.1) is 0 Å². The minimum absolute atomic E-state index is 0.0705. The summed E-state index contributed by atoms with van der Waals surface area (Å²) in [6, 6.07) is 4.89. The number of hydrogen-bond acceptors (Lipinski definition) is 3. The second-order valence-electron chi connectivity index (χ2n) is 5.91. The van der Waals surface area contributed by atoms with E-state index in [1.807, 2.05) is 13.8 Å². The third kappa shape index (κ3) is 6.57. The fraction of sp³-hybridized carbons (Fsp3) is 0.500. The zero-order valence-electron chi connectivity index (χ0n) is 13.6. The number of nitrogens with two attached hydrogens (primary N) is 1. The van der Waals surface area contributed by atoms with Gasteiger partial charge >= 0.3 is 6.18 Å². The zero-order valence-corrected chi connectivity index (χ0v) is 13.6. The molecule has 24 heavy (non-hydrogen) atoms. The molecule has 2 atom stereocenters. The maximum atomic E-state index is 12.5. The predicted molar refractivity (Wildman–Crippen MR) is 84.0 cm³/mol. The predicted octanol–water partition coefficient (Wildman–Crippen LogP) is 1.38. The number of carbonyl (C=O) groups excluding carboxylic acids is 2. The lowest BCUT2D eigenvalue weighted by Gasteiger charge is -2.22. The van der Waals surface area contributed by atoms with Crippen LogP contribution in [0.2, 0.25) is 0 Å². The van der Waals surface area contributed by atoms with Crippen LogP contribution in [0.1, 0.15) is 19.4 Å². The lowest BCUT2D eigenvalue weighted by atomic mass is 10.0. The Balaban J connectivity index is 2.84. The topological polar surface area (TPSA) is 84.2 Å². The normalized spacial score (nSPS) is 14.1. The number of nitrogens with one attached hydrogen (secondary N) is 2. The summed E-state index contributed by atoms with van der Waals surface area (Å²) in [6.07, 6.45) is -4.79. The molecule has 0 bridgehead atoms. The summed E-state index contributed by atoms with van der Waals surface area (Å²) < 4.78 is 37.6. The van der Waals surface area contributed by atoms with Crippen molar-refractivity contribution in [3.05, 3.63) is 35.9 Å². The summed E-state index contributed by atoms with van der Waals surface area (Å²) >= 11 is 0. The number of halogens is 3. The lowest BCUT2D eigenvalue weighted by Crippen LogP contribution is -2.56. The molecule has 0 spiro atoms. The van der Waals surface area contributed by atoms with Crippen LogP contribution in [0, 0.1) is 5.92 Å². The van der Waals surface area contributed by atoms with Crippen LogP contribution in [0.15, 0.2) is 30.3 Å². The van der Waals surface area contributed by atoms with Crippen molar-refractivity contribution in [1.29, 1.82) is 0 Å². The van der Waals surface area contributed by atoms with E-state index in [0.29, 0.717) is 12.1 Å². The molecule has 0 aliphatic rings. The number of benzene rings is 1. The number of carbonyl (C=O) groups is 2. The Kier molecular flexibility index (Phi) is 7.21. The van der Waals surface area contributed by atoms with Crippen molar-refractivity contribution in [2.45, 2.75) is 38.5 Å². The van der Waals surface area contributed by atoms with Gasteiger partial charge in [0.1, 0.15) is 6.04 Å². The Morgan fingerprint density at radius 2 is 1.71 bits per heavy atom. The fourth-order valence-electron chi connectivity index (χ4n) is 1.90.